The molecule has 7 heteroatoms. The lowest BCUT2D eigenvalue weighted by Gasteiger charge is -2.18. The van der Waals surface area contributed by atoms with Crippen molar-refractivity contribution in [2.45, 2.75) is 39.2 Å². The third kappa shape index (κ3) is 5.27. The van der Waals surface area contributed by atoms with Crippen LogP contribution >= 0.6 is 24.0 Å². The maximum atomic E-state index is 12.8. The molecule has 0 spiro atoms. The van der Waals surface area contributed by atoms with Gasteiger partial charge in [-0.25, -0.2) is 0 Å². The zero-order valence-electron chi connectivity index (χ0n) is 16.6. The first-order valence-corrected chi connectivity index (χ1v) is 10.9. The second kappa shape index (κ2) is 9.76. The van der Waals surface area contributed by atoms with Gasteiger partial charge in [-0.1, -0.05) is 43.9 Å². The molecule has 2 heterocycles. The highest BCUT2D eigenvalue weighted by molar-refractivity contribution is 8.26. The number of benzene rings is 1. The molecule has 2 saturated heterocycles. The first-order valence-electron chi connectivity index (χ1n) is 9.65. The lowest BCUT2D eigenvalue weighted by Crippen LogP contribution is -2.35. The van der Waals surface area contributed by atoms with Gasteiger partial charge in [0.2, 0.25) is 0 Å². The summed E-state index contributed by atoms with van der Waals surface area (Å²) in [4.78, 5) is 15.1. The molecular formula is C21H27NO4S2. The molecule has 1 aromatic carbocycles. The fourth-order valence-electron chi connectivity index (χ4n) is 3.10. The molecule has 0 unspecified atom stereocenters. The third-order valence-electron chi connectivity index (χ3n) is 4.72. The summed E-state index contributed by atoms with van der Waals surface area (Å²) < 4.78 is 17.5. The number of rotatable bonds is 8. The summed E-state index contributed by atoms with van der Waals surface area (Å²) in [7, 11) is 1.62. The van der Waals surface area contributed by atoms with Gasteiger partial charge in [-0.3, -0.25) is 9.69 Å². The molecule has 2 aliphatic heterocycles. The van der Waals surface area contributed by atoms with Crippen LogP contribution < -0.4 is 9.47 Å². The van der Waals surface area contributed by atoms with Crippen LogP contribution in [0.2, 0.25) is 0 Å². The van der Waals surface area contributed by atoms with Crippen molar-refractivity contribution in [2.24, 2.45) is 5.92 Å². The highest BCUT2D eigenvalue weighted by Crippen LogP contribution is 2.35. The number of carbonyl (C=O) groups is 1. The Bertz CT molecular complexity index is 757. The summed E-state index contributed by atoms with van der Waals surface area (Å²) in [5, 5.41) is 0. The maximum absolute atomic E-state index is 12.8. The highest BCUT2D eigenvalue weighted by atomic mass is 32.2. The van der Waals surface area contributed by atoms with Gasteiger partial charge in [0.25, 0.3) is 5.91 Å². The van der Waals surface area contributed by atoms with Gasteiger partial charge >= 0.3 is 0 Å². The summed E-state index contributed by atoms with van der Waals surface area (Å²) in [6.45, 7) is 6.28. The zero-order chi connectivity index (χ0) is 20.1. The van der Waals surface area contributed by atoms with Crippen LogP contribution in [0.25, 0.3) is 6.08 Å². The number of thiocarbonyl (C=S) groups is 1. The first-order chi connectivity index (χ1) is 13.5. The average Bonchev–Trinajstić information content (AvgIpc) is 3.27. The fraction of sp³-hybridized carbons (Fsp3) is 0.524. The van der Waals surface area contributed by atoms with E-state index in [1.54, 1.807) is 12.0 Å². The fourth-order valence-corrected chi connectivity index (χ4v) is 4.37. The average molecular weight is 422 g/mol. The van der Waals surface area contributed by atoms with E-state index in [2.05, 4.69) is 13.8 Å². The Balaban J connectivity index is 1.70. The van der Waals surface area contributed by atoms with Crippen LogP contribution in [0.3, 0.4) is 0 Å². The molecule has 3 rings (SSSR count). The summed E-state index contributed by atoms with van der Waals surface area (Å²) in [6, 6.07) is 5.70. The van der Waals surface area contributed by atoms with Crippen molar-refractivity contribution in [1.82, 2.24) is 4.90 Å². The predicted octanol–water partition coefficient (Wildman–Crippen LogP) is 4.50. The molecule has 0 saturated carbocycles. The highest BCUT2D eigenvalue weighted by Gasteiger charge is 2.34. The normalized spacial score (nSPS) is 21.2. The van der Waals surface area contributed by atoms with Crippen molar-refractivity contribution in [3.8, 4) is 11.5 Å². The second-order valence-electron chi connectivity index (χ2n) is 7.37. The van der Waals surface area contributed by atoms with Crippen LogP contribution in [-0.4, -0.2) is 48.1 Å². The van der Waals surface area contributed by atoms with E-state index in [0.717, 1.165) is 31.4 Å². The second-order valence-corrected chi connectivity index (χ2v) is 9.04. The molecule has 0 aliphatic carbocycles. The molecule has 0 radical (unpaired) electrons. The Hall–Kier alpha value is -1.57. The van der Waals surface area contributed by atoms with E-state index in [1.807, 2.05) is 24.3 Å². The topological polar surface area (TPSA) is 48.0 Å². The van der Waals surface area contributed by atoms with Crippen molar-refractivity contribution in [3.63, 3.8) is 0 Å². The molecule has 2 aliphatic rings. The van der Waals surface area contributed by atoms with E-state index in [0.29, 0.717) is 39.8 Å². The maximum Gasteiger partial charge on any atom is 0.266 e. The SMILES string of the molecule is COc1cc(/C=C2/SC(=S)N(C[C@H]3CCCO3)C2=O)ccc1OCCC(C)C. The smallest absolute Gasteiger partial charge is 0.266 e. The molecule has 0 aromatic heterocycles. The quantitative estimate of drug-likeness (QED) is 0.455. The van der Waals surface area contributed by atoms with Crippen molar-refractivity contribution >= 4 is 40.3 Å². The molecule has 1 amide bonds. The number of hydrogen-bond donors (Lipinski definition) is 0. The molecule has 0 bridgehead atoms. The molecule has 0 N–H and O–H groups in total. The number of hydrogen-bond acceptors (Lipinski definition) is 6. The number of ether oxygens (including phenoxy) is 3. The Kier molecular flexibility index (Phi) is 7.37. The lowest BCUT2D eigenvalue weighted by atomic mass is 10.1. The monoisotopic (exact) mass is 421 g/mol. The zero-order valence-corrected chi connectivity index (χ0v) is 18.2. The number of carbonyl (C=O) groups excluding carboxylic acids is 1. The van der Waals surface area contributed by atoms with E-state index in [9.17, 15) is 4.79 Å². The Morgan fingerprint density at radius 2 is 2.21 bits per heavy atom. The Labute approximate surface area is 176 Å². The molecule has 2 fully saturated rings. The lowest BCUT2D eigenvalue weighted by molar-refractivity contribution is -0.123. The van der Waals surface area contributed by atoms with Crippen molar-refractivity contribution in [3.05, 3.63) is 28.7 Å². The largest absolute Gasteiger partial charge is 0.493 e. The first kappa shape index (κ1) is 21.1. The van der Waals surface area contributed by atoms with Gasteiger partial charge in [0, 0.05) is 6.61 Å². The Morgan fingerprint density at radius 1 is 1.39 bits per heavy atom. The van der Waals surface area contributed by atoms with E-state index in [4.69, 9.17) is 26.4 Å². The van der Waals surface area contributed by atoms with Crippen LogP contribution in [0.4, 0.5) is 0 Å². The van der Waals surface area contributed by atoms with E-state index in [-0.39, 0.29) is 12.0 Å². The number of nitrogens with zero attached hydrogens (tertiary/aromatic N) is 1. The number of amides is 1. The van der Waals surface area contributed by atoms with Gasteiger partial charge in [-0.2, -0.15) is 0 Å². The summed E-state index contributed by atoms with van der Waals surface area (Å²) >= 11 is 6.75. The van der Waals surface area contributed by atoms with Crippen LogP contribution in [0.1, 0.15) is 38.7 Å². The van der Waals surface area contributed by atoms with Gasteiger partial charge in [-0.15, -0.1) is 0 Å². The minimum absolute atomic E-state index is 0.0540. The summed E-state index contributed by atoms with van der Waals surface area (Å²) in [5.41, 5.74) is 0.880. The molecular weight excluding hydrogens is 394 g/mol. The van der Waals surface area contributed by atoms with E-state index >= 15 is 0 Å². The summed E-state index contributed by atoms with van der Waals surface area (Å²) in [6.07, 6.45) is 4.95. The molecule has 1 atom stereocenters. The van der Waals surface area contributed by atoms with Gasteiger partial charge in [-0.05, 0) is 49.0 Å². The molecule has 5 nitrogen and oxygen atoms in total. The van der Waals surface area contributed by atoms with Crippen LogP contribution in [-0.2, 0) is 9.53 Å². The Morgan fingerprint density at radius 3 is 2.89 bits per heavy atom. The third-order valence-corrected chi connectivity index (χ3v) is 6.10. The predicted molar refractivity (Wildman–Crippen MR) is 117 cm³/mol. The minimum atomic E-state index is -0.0540. The van der Waals surface area contributed by atoms with Crippen molar-refractivity contribution in [1.29, 1.82) is 0 Å². The number of thioether (sulfide) groups is 1. The van der Waals surface area contributed by atoms with Gasteiger partial charge < -0.3 is 14.2 Å². The van der Waals surface area contributed by atoms with Gasteiger partial charge in [0.05, 0.1) is 31.3 Å². The van der Waals surface area contributed by atoms with E-state index in [1.165, 1.54) is 11.8 Å². The molecule has 28 heavy (non-hydrogen) atoms. The standard InChI is InChI=1S/C21H27NO4S2/c1-14(2)8-10-26-17-7-6-15(11-18(17)24-3)12-19-20(23)22(21(27)28-19)13-16-5-4-9-25-16/h6-7,11-12,14,16H,4-5,8-10,13H2,1-3H3/b19-12+/t16-/m1/s1. The van der Waals surface area contributed by atoms with Gasteiger partial charge in [0.1, 0.15) is 4.32 Å². The van der Waals surface area contributed by atoms with Crippen molar-refractivity contribution in [2.75, 3.05) is 26.9 Å². The van der Waals surface area contributed by atoms with Gasteiger partial charge in [0.15, 0.2) is 11.5 Å². The van der Waals surface area contributed by atoms with Crippen LogP contribution in [0.15, 0.2) is 23.1 Å². The van der Waals surface area contributed by atoms with Crippen molar-refractivity contribution < 1.29 is 19.0 Å². The molecule has 1 aromatic rings. The van der Waals surface area contributed by atoms with Crippen LogP contribution in [0.5, 0.6) is 11.5 Å². The van der Waals surface area contributed by atoms with Crippen LogP contribution in [0, 0.1) is 5.92 Å². The minimum Gasteiger partial charge on any atom is -0.493 e. The number of methoxy groups -OCH3 is 1. The van der Waals surface area contributed by atoms with E-state index < -0.39 is 0 Å². The summed E-state index contributed by atoms with van der Waals surface area (Å²) in [5.74, 6) is 1.90. The molecule has 152 valence electrons.